The van der Waals surface area contributed by atoms with Crippen molar-refractivity contribution in [2.75, 3.05) is 6.54 Å². The van der Waals surface area contributed by atoms with Crippen LogP contribution in [0.2, 0.25) is 0 Å². The van der Waals surface area contributed by atoms with Crippen LogP contribution in [0.3, 0.4) is 0 Å². The van der Waals surface area contributed by atoms with E-state index in [0.29, 0.717) is 6.04 Å². The highest BCUT2D eigenvalue weighted by molar-refractivity contribution is 5.48. The molecular weight excluding hydrogens is 258 g/mol. The van der Waals surface area contributed by atoms with E-state index in [-0.39, 0.29) is 0 Å². The maximum atomic E-state index is 10.3. The second-order valence-corrected chi connectivity index (χ2v) is 6.34. The molecule has 0 aliphatic rings. The summed E-state index contributed by atoms with van der Waals surface area (Å²) in [5.41, 5.74) is 0. The number of carbonyl (C=O) groups excluding carboxylic acids is 1. The fourth-order valence-corrected chi connectivity index (χ4v) is 2.82. The zero-order chi connectivity index (χ0) is 15.6. The number of carbonyl (C=O) groups is 1. The van der Waals surface area contributed by atoms with E-state index < -0.39 is 0 Å². The lowest BCUT2D eigenvalue weighted by atomic mass is 10.1. The topological polar surface area (TPSA) is 29.1 Å². The third kappa shape index (κ3) is 15.8. The summed E-state index contributed by atoms with van der Waals surface area (Å²) in [6, 6.07) is 0.614. The van der Waals surface area contributed by atoms with Crippen molar-refractivity contribution in [3.05, 3.63) is 0 Å². The number of rotatable bonds is 17. The summed E-state index contributed by atoms with van der Waals surface area (Å²) in [6.45, 7) is 5.66. The second-order valence-electron chi connectivity index (χ2n) is 6.34. The van der Waals surface area contributed by atoms with Gasteiger partial charge >= 0.3 is 0 Å². The van der Waals surface area contributed by atoms with Gasteiger partial charge in [0.2, 0.25) is 0 Å². The molecule has 0 aliphatic heterocycles. The van der Waals surface area contributed by atoms with Crippen LogP contribution in [-0.2, 0) is 4.79 Å². The van der Waals surface area contributed by atoms with Gasteiger partial charge in [0.15, 0.2) is 0 Å². The zero-order valence-corrected chi connectivity index (χ0v) is 14.7. The molecule has 0 amide bonds. The highest BCUT2D eigenvalue weighted by Crippen LogP contribution is 2.10. The number of hydrogen-bond acceptors (Lipinski definition) is 2. The van der Waals surface area contributed by atoms with Crippen LogP contribution < -0.4 is 5.32 Å². The summed E-state index contributed by atoms with van der Waals surface area (Å²) in [5, 5.41) is 3.64. The van der Waals surface area contributed by atoms with Gasteiger partial charge in [-0.05, 0) is 32.2 Å². The molecule has 0 aromatic carbocycles. The van der Waals surface area contributed by atoms with Gasteiger partial charge in [-0.1, -0.05) is 71.6 Å². The monoisotopic (exact) mass is 297 g/mol. The van der Waals surface area contributed by atoms with Gasteiger partial charge in [-0.2, -0.15) is 0 Å². The van der Waals surface area contributed by atoms with Crippen LogP contribution >= 0.6 is 0 Å². The van der Waals surface area contributed by atoms with Gasteiger partial charge in [0, 0.05) is 12.5 Å². The first-order chi connectivity index (χ1) is 10.3. The Labute approximate surface area is 133 Å². The van der Waals surface area contributed by atoms with Crippen LogP contribution in [0.1, 0.15) is 104 Å². The van der Waals surface area contributed by atoms with Gasteiger partial charge in [-0.25, -0.2) is 0 Å². The quantitative estimate of drug-likeness (QED) is 0.278. The van der Waals surface area contributed by atoms with Crippen LogP contribution in [0.4, 0.5) is 0 Å². The van der Waals surface area contributed by atoms with E-state index in [9.17, 15) is 4.79 Å². The smallest absolute Gasteiger partial charge is 0.119 e. The molecule has 0 aromatic heterocycles. The molecule has 0 heterocycles. The molecule has 0 aliphatic carbocycles. The maximum Gasteiger partial charge on any atom is 0.119 e. The summed E-state index contributed by atoms with van der Waals surface area (Å²) < 4.78 is 0. The lowest BCUT2D eigenvalue weighted by Gasteiger charge is -2.16. The molecule has 1 atom stereocenters. The Morgan fingerprint density at radius 3 is 1.90 bits per heavy atom. The molecule has 0 saturated heterocycles. The maximum absolute atomic E-state index is 10.3. The fraction of sp³-hybridized carbons (Fsp3) is 0.947. The lowest BCUT2D eigenvalue weighted by molar-refractivity contribution is -0.107. The van der Waals surface area contributed by atoms with E-state index in [1.807, 2.05) is 0 Å². The van der Waals surface area contributed by atoms with Crippen molar-refractivity contribution in [1.82, 2.24) is 5.32 Å². The third-order valence-corrected chi connectivity index (χ3v) is 4.33. The molecule has 0 bridgehead atoms. The third-order valence-electron chi connectivity index (χ3n) is 4.33. The Morgan fingerprint density at radius 1 is 0.810 bits per heavy atom. The van der Waals surface area contributed by atoms with E-state index in [0.717, 1.165) is 32.1 Å². The molecule has 0 rings (SSSR count). The molecule has 0 saturated carbocycles. The first kappa shape index (κ1) is 20.6. The van der Waals surface area contributed by atoms with Gasteiger partial charge < -0.3 is 10.1 Å². The molecule has 0 fully saturated rings. The SMILES string of the molecule is CCCCCCCCCCCCNC(CC)CCCC=O. The number of hydrogen-bond donors (Lipinski definition) is 1. The lowest BCUT2D eigenvalue weighted by Crippen LogP contribution is -2.29. The van der Waals surface area contributed by atoms with Crippen LogP contribution in [0.5, 0.6) is 0 Å². The first-order valence-corrected chi connectivity index (χ1v) is 9.52. The van der Waals surface area contributed by atoms with Gasteiger partial charge in [-0.3, -0.25) is 0 Å². The summed E-state index contributed by atoms with van der Waals surface area (Å²) in [6.07, 6.45) is 19.1. The molecular formula is C19H39NO. The minimum Gasteiger partial charge on any atom is -0.314 e. The second kappa shape index (κ2) is 17.7. The molecule has 21 heavy (non-hydrogen) atoms. The normalized spacial score (nSPS) is 12.5. The molecule has 2 nitrogen and oxygen atoms in total. The Kier molecular flexibility index (Phi) is 17.4. The Bertz CT molecular complexity index is 206. The highest BCUT2D eigenvalue weighted by Gasteiger charge is 2.04. The Morgan fingerprint density at radius 2 is 1.38 bits per heavy atom. The zero-order valence-electron chi connectivity index (χ0n) is 14.7. The fourth-order valence-electron chi connectivity index (χ4n) is 2.82. The molecule has 126 valence electrons. The van der Waals surface area contributed by atoms with Crippen LogP contribution in [-0.4, -0.2) is 18.9 Å². The van der Waals surface area contributed by atoms with Crippen LogP contribution in [0.15, 0.2) is 0 Å². The minimum atomic E-state index is 0.614. The van der Waals surface area contributed by atoms with Crippen molar-refractivity contribution in [3.63, 3.8) is 0 Å². The van der Waals surface area contributed by atoms with Crippen molar-refractivity contribution in [2.45, 2.75) is 110 Å². The summed E-state index contributed by atoms with van der Waals surface area (Å²) >= 11 is 0. The van der Waals surface area contributed by atoms with Crippen LogP contribution in [0.25, 0.3) is 0 Å². The summed E-state index contributed by atoms with van der Waals surface area (Å²) in [7, 11) is 0. The molecule has 1 N–H and O–H groups in total. The molecule has 0 spiro atoms. The summed E-state index contributed by atoms with van der Waals surface area (Å²) in [4.78, 5) is 10.3. The van der Waals surface area contributed by atoms with Gasteiger partial charge in [0.05, 0.1) is 0 Å². The average molecular weight is 298 g/mol. The van der Waals surface area contributed by atoms with E-state index in [1.165, 1.54) is 70.6 Å². The molecule has 0 radical (unpaired) electrons. The predicted octanol–water partition coefficient (Wildman–Crippen LogP) is 5.64. The molecule has 0 aromatic rings. The van der Waals surface area contributed by atoms with Crippen LogP contribution in [0, 0.1) is 0 Å². The van der Waals surface area contributed by atoms with Gasteiger partial charge in [0.1, 0.15) is 6.29 Å². The van der Waals surface area contributed by atoms with Crippen molar-refractivity contribution in [1.29, 1.82) is 0 Å². The Balaban J connectivity index is 3.20. The minimum absolute atomic E-state index is 0.614. The molecule has 1 unspecified atom stereocenters. The molecule has 2 heteroatoms. The number of unbranched alkanes of at least 4 members (excludes halogenated alkanes) is 10. The standard InChI is InChI=1S/C19H39NO/c1-3-5-6-7-8-9-10-11-12-14-17-20-19(4-2)16-13-15-18-21/h18-20H,3-17H2,1-2H3. The van der Waals surface area contributed by atoms with E-state index in [2.05, 4.69) is 19.2 Å². The average Bonchev–Trinajstić information content (AvgIpc) is 2.51. The highest BCUT2D eigenvalue weighted by atomic mass is 16.1. The van der Waals surface area contributed by atoms with Crippen molar-refractivity contribution in [3.8, 4) is 0 Å². The van der Waals surface area contributed by atoms with Crippen molar-refractivity contribution in [2.24, 2.45) is 0 Å². The van der Waals surface area contributed by atoms with E-state index in [1.54, 1.807) is 0 Å². The number of nitrogens with one attached hydrogen (secondary N) is 1. The largest absolute Gasteiger partial charge is 0.314 e. The van der Waals surface area contributed by atoms with E-state index in [4.69, 9.17) is 0 Å². The summed E-state index contributed by atoms with van der Waals surface area (Å²) in [5.74, 6) is 0. The Hall–Kier alpha value is -0.370. The van der Waals surface area contributed by atoms with Gasteiger partial charge in [-0.15, -0.1) is 0 Å². The first-order valence-electron chi connectivity index (χ1n) is 9.52. The predicted molar refractivity (Wildman–Crippen MR) is 93.8 cm³/mol. The number of aldehydes is 1. The van der Waals surface area contributed by atoms with Crippen molar-refractivity contribution >= 4 is 6.29 Å². The van der Waals surface area contributed by atoms with E-state index >= 15 is 0 Å². The van der Waals surface area contributed by atoms with Gasteiger partial charge in [0.25, 0.3) is 0 Å². The van der Waals surface area contributed by atoms with Crippen molar-refractivity contribution < 1.29 is 4.79 Å².